The lowest BCUT2D eigenvalue weighted by Gasteiger charge is -2.32. The smallest absolute Gasteiger partial charge is 0.243 e. The summed E-state index contributed by atoms with van der Waals surface area (Å²) in [5.41, 5.74) is 3.68. The summed E-state index contributed by atoms with van der Waals surface area (Å²) in [6, 6.07) is 14.6. The Morgan fingerprint density at radius 3 is 1.97 bits per heavy atom. The maximum atomic E-state index is 13.5. The van der Waals surface area contributed by atoms with Crippen LogP contribution in [0.5, 0.6) is 0 Å². The third-order valence-corrected chi connectivity index (χ3v) is 7.53. The number of hydrogen-bond donors (Lipinski definition) is 1. The SMILES string of the molecule is CC[C@@H](C)NC(=O)[C@H](CC)N(Cc1ccc(C)cc1)C(=O)CCCN(c1ccc(C)cc1)S(C)(=O)=O. The van der Waals surface area contributed by atoms with Crippen molar-refractivity contribution in [2.45, 2.75) is 78.9 Å². The Labute approximate surface area is 216 Å². The normalized spacial score (nSPS) is 13.1. The Kier molecular flexibility index (Phi) is 11.0. The Morgan fingerprint density at radius 2 is 1.47 bits per heavy atom. The highest BCUT2D eigenvalue weighted by Gasteiger charge is 2.29. The predicted octanol–water partition coefficient (Wildman–Crippen LogP) is 4.57. The summed E-state index contributed by atoms with van der Waals surface area (Å²) in [5, 5.41) is 3.01. The number of rotatable bonds is 13. The lowest BCUT2D eigenvalue weighted by Crippen LogP contribution is -2.50. The van der Waals surface area contributed by atoms with E-state index in [1.54, 1.807) is 17.0 Å². The highest BCUT2D eigenvalue weighted by atomic mass is 32.2. The van der Waals surface area contributed by atoms with Crippen molar-refractivity contribution in [3.05, 3.63) is 65.2 Å². The van der Waals surface area contributed by atoms with E-state index in [4.69, 9.17) is 0 Å². The molecule has 2 aromatic carbocycles. The average molecular weight is 516 g/mol. The van der Waals surface area contributed by atoms with Gasteiger partial charge >= 0.3 is 0 Å². The van der Waals surface area contributed by atoms with E-state index in [9.17, 15) is 18.0 Å². The van der Waals surface area contributed by atoms with Gasteiger partial charge in [-0.2, -0.15) is 0 Å². The maximum Gasteiger partial charge on any atom is 0.243 e. The number of benzene rings is 2. The van der Waals surface area contributed by atoms with Crippen LogP contribution in [0, 0.1) is 13.8 Å². The van der Waals surface area contributed by atoms with Crippen molar-refractivity contribution in [2.75, 3.05) is 17.1 Å². The summed E-state index contributed by atoms with van der Waals surface area (Å²) in [7, 11) is -3.51. The van der Waals surface area contributed by atoms with E-state index >= 15 is 0 Å². The van der Waals surface area contributed by atoms with Gasteiger partial charge in [0.05, 0.1) is 11.9 Å². The molecule has 2 rings (SSSR count). The molecule has 0 aliphatic carbocycles. The van der Waals surface area contributed by atoms with Gasteiger partial charge in [-0.05, 0) is 57.7 Å². The molecule has 0 bridgehead atoms. The van der Waals surface area contributed by atoms with Crippen molar-refractivity contribution in [2.24, 2.45) is 0 Å². The second-order valence-corrected chi connectivity index (χ2v) is 11.4. The van der Waals surface area contributed by atoms with Crippen LogP contribution in [0.2, 0.25) is 0 Å². The number of nitrogens with one attached hydrogen (secondary N) is 1. The van der Waals surface area contributed by atoms with Crippen LogP contribution in [-0.4, -0.2) is 50.0 Å². The number of carbonyl (C=O) groups excluding carboxylic acids is 2. The van der Waals surface area contributed by atoms with Crippen LogP contribution < -0.4 is 9.62 Å². The van der Waals surface area contributed by atoms with Gasteiger partial charge < -0.3 is 10.2 Å². The lowest BCUT2D eigenvalue weighted by molar-refractivity contribution is -0.141. The van der Waals surface area contributed by atoms with E-state index in [0.717, 1.165) is 23.1 Å². The van der Waals surface area contributed by atoms with Crippen molar-refractivity contribution >= 4 is 27.5 Å². The van der Waals surface area contributed by atoms with E-state index in [1.807, 2.05) is 71.0 Å². The fourth-order valence-electron chi connectivity index (χ4n) is 3.97. The predicted molar refractivity (Wildman–Crippen MR) is 146 cm³/mol. The minimum Gasteiger partial charge on any atom is -0.352 e. The molecule has 2 amide bonds. The molecule has 0 aliphatic rings. The van der Waals surface area contributed by atoms with Gasteiger partial charge in [0.1, 0.15) is 6.04 Å². The topological polar surface area (TPSA) is 86.8 Å². The number of anilines is 1. The van der Waals surface area contributed by atoms with Gasteiger partial charge in [-0.1, -0.05) is 61.4 Å². The van der Waals surface area contributed by atoms with E-state index < -0.39 is 16.1 Å². The molecule has 1 N–H and O–H groups in total. The third kappa shape index (κ3) is 8.66. The number of nitrogens with zero attached hydrogens (tertiary/aromatic N) is 2. The van der Waals surface area contributed by atoms with E-state index in [2.05, 4.69) is 5.32 Å². The molecule has 0 fully saturated rings. The molecule has 0 unspecified atom stereocenters. The Morgan fingerprint density at radius 1 is 0.917 bits per heavy atom. The van der Waals surface area contributed by atoms with Crippen molar-refractivity contribution in [1.29, 1.82) is 0 Å². The molecule has 7 nitrogen and oxygen atoms in total. The van der Waals surface area contributed by atoms with Crippen molar-refractivity contribution in [3.8, 4) is 0 Å². The molecule has 2 aromatic rings. The Balaban J connectivity index is 2.21. The summed E-state index contributed by atoms with van der Waals surface area (Å²) >= 11 is 0. The highest BCUT2D eigenvalue weighted by molar-refractivity contribution is 7.92. The van der Waals surface area contributed by atoms with Gasteiger partial charge in [0.2, 0.25) is 21.8 Å². The summed E-state index contributed by atoms with van der Waals surface area (Å²) in [5.74, 6) is -0.330. The lowest BCUT2D eigenvalue weighted by atomic mass is 10.1. The first-order valence-electron chi connectivity index (χ1n) is 12.7. The second-order valence-electron chi connectivity index (χ2n) is 9.52. The molecule has 0 aliphatic heterocycles. The Bertz CT molecular complexity index is 1100. The minimum absolute atomic E-state index is 0.0145. The monoisotopic (exact) mass is 515 g/mol. The number of sulfonamides is 1. The van der Waals surface area contributed by atoms with Gasteiger partial charge in [0.15, 0.2) is 0 Å². The molecule has 0 heterocycles. The highest BCUT2D eigenvalue weighted by Crippen LogP contribution is 2.20. The van der Waals surface area contributed by atoms with Crippen molar-refractivity contribution < 1.29 is 18.0 Å². The molecule has 198 valence electrons. The first kappa shape index (κ1) is 29.4. The zero-order valence-corrected chi connectivity index (χ0v) is 23.3. The quantitative estimate of drug-likeness (QED) is 0.423. The standard InChI is InChI=1S/C28H41N3O4S/c1-7-23(5)29-28(33)26(8-2)30(20-24-15-11-21(3)12-16-24)27(32)10-9-19-31(36(6,34)35)25-17-13-22(4)14-18-25/h11-18,23,26H,7-10,19-20H2,1-6H3,(H,29,33)/t23-,26+/m1/s1. The molecule has 36 heavy (non-hydrogen) atoms. The molecule has 0 saturated heterocycles. The van der Waals surface area contributed by atoms with Crippen LogP contribution in [0.25, 0.3) is 0 Å². The van der Waals surface area contributed by atoms with E-state index in [-0.39, 0.29) is 30.8 Å². The van der Waals surface area contributed by atoms with Crippen LogP contribution in [0.15, 0.2) is 48.5 Å². The van der Waals surface area contributed by atoms with E-state index in [0.29, 0.717) is 25.1 Å². The van der Waals surface area contributed by atoms with Crippen LogP contribution in [0.4, 0.5) is 5.69 Å². The number of amides is 2. The summed E-state index contributed by atoms with van der Waals surface area (Å²) < 4.78 is 26.2. The fourth-order valence-corrected chi connectivity index (χ4v) is 4.93. The second kappa shape index (κ2) is 13.4. The largest absolute Gasteiger partial charge is 0.352 e. The third-order valence-electron chi connectivity index (χ3n) is 6.33. The zero-order valence-electron chi connectivity index (χ0n) is 22.5. The molecule has 0 spiro atoms. The van der Waals surface area contributed by atoms with Gasteiger partial charge in [0, 0.05) is 25.6 Å². The molecule has 0 radical (unpaired) electrons. The van der Waals surface area contributed by atoms with Gasteiger partial charge in [-0.15, -0.1) is 0 Å². The molecule has 0 aromatic heterocycles. The Hall–Kier alpha value is -2.87. The molecular weight excluding hydrogens is 474 g/mol. The molecule has 0 saturated carbocycles. The van der Waals surface area contributed by atoms with Gasteiger partial charge in [-0.25, -0.2) is 8.42 Å². The molecule has 8 heteroatoms. The minimum atomic E-state index is -3.51. The van der Waals surface area contributed by atoms with E-state index in [1.165, 1.54) is 10.6 Å². The summed E-state index contributed by atoms with van der Waals surface area (Å²) in [6.07, 6.45) is 2.93. The molecule has 2 atom stereocenters. The van der Waals surface area contributed by atoms with Crippen LogP contribution >= 0.6 is 0 Å². The fraction of sp³-hybridized carbons (Fsp3) is 0.500. The number of aryl methyl sites for hydroxylation is 2. The first-order valence-corrected chi connectivity index (χ1v) is 14.5. The van der Waals surface area contributed by atoms with Crippen LogP contribution in [-0.2, 0) is 26.2 Å². The zero-order chi connectivity index (χ0) is 26.9. The molecular formula is C28H41N3O4S. The summed E-state index contributed by atoms with van der Waals surface area (Å²) in [4.78, 5) is 28.2. The van der Waals surface area contributed by atoms with Crippen LogP contribution in [0.3, 0.4) is 0 Å². The average Bonchev–Trinajstić information content (AvgIpc) is 2.82. The number of hydrogen-bond acceptors (Lipinski definition) is 4. The van der Waals surface area contributed by atoms with Crippen LogP contribution in [0.1, 0.15) is 63.1 Å². The first-order chi connectivity index (χ1) is 17.0. The maximum absolute atomic E-state index is 13.5. The van der Waals surface area contributed by atoms with Crippen molar-refractivity contribution in [1.82, 2.24) is 10.2 Å². The van der Waals surface area contributed by atoms with Gasteiger partial charge in [0.25, 0.3) is 0 Å². The van der Waals surface area contributed by atoms with Gasteiger partial charge in [-0.3, -0.25) is 13.9 Å². The summed E-state index contributed by atoms with van der Waals surface area (Å²) in [6.45, 7) is 10.3. The number of carbonyl (C=O) groups is 2. The van der Waals surface area contributed by atoms with Crippen molar-refractivity contribution in [3.63, 3.8) is 0 Å².